The van der Waals surface area contributed by atoms with Crippen molar-refractivity contribution in [3.8, 4) is 0 Å². The van der Waals surface area contributed by atoms with Crippen molar-refractivity contribution >= 4 is 25.8 Å². The topological polar surface area (TPSA) is 0 Å². The summed E-state index contributed by atoms with van der Waals surface area (Å²) in [4.78, 5) is 0. The Morgan fingerprint density at radius 2 is 1.00 bits per heavy atom. The SMILES string of the molecule is [AlH3].[Au].[B].[Zr]. The number of hydrogen-bond acceptors (Lipinski definition) is 0. The van der Waals surface area contributed by atoms with Crippen LogP contribution in [0.1, 0.15) is 0 Å². The van der Waals surface area contributed by atoms with Gasteiger partial charge in [-0.3, -0.25) is 0 Å². The van der Waals surface area contributed by atoms with Gasteiger partial charge in [0.15, 0.2) is 17.4 Å². The minimum absolute atomic E-state index is 0. The Morgan fingerprint density at radius 3 is 1.00 bits per heavy atom. The molecule has 0 heterocycles. The third-order valence-corrected chi connectivity index (χ3v) is 0. The fourth-order valence-electron chi connectivity index (χ4n) is 0. The first-order valence-corrected chi connectivity index (χ1v) is 0. The molecule has 4 heavy (non-hydrogen) atoms. The summed E-state index contributed by atoms with van der Waals surface area (Å²) in [5, 5.41) is 0. The quantitative estimate of drug-likeness (QED) is 0.471. The monoisotopic (exact) mass is 328 g/mol. The van der Waals surface area contributed by atoms with Crippen molar-refractivity contribution in [1.82, 2.24) is 0 Å². The van der Waals surface area contributed by atoms with Crippen molar-refractivity contribution in [2.24, 2.45) is 0 Å². The summed E-state index contributed by atoms with van der Waals surface area (Å²) in [5.74, 6) is 0. The third kappa shape index (κ3) is 8.88. The van der Waals surface area contributed by atoms with Gasteiger partial charge in [0.1, 0.15) is 0 Å². The van der Waals surface area contributed by atoms with Gasteiger partial charge in [0.25, 0.3) is 0 Å². The van der Waals surface area contributed by atoms with Crippen molar-refractivity contribution < 1.29 is 48.6 Å². The Labute approximate surface area is 73.4 Å². The molecule has 0 saturated heterocycles. The molecule has 0 aliphatic heterocycles. The summed E-state index contributed by atoms with van der Waals surface area (Å²) in [6, 6.07) is 0. The van der Waals surface area contributed by atoms with Crippen LogP contribution in [0.2, 0.25) is 0 Å². The molecular formula is H3AlAuBZr. The van der Waals surface area contributed by atoms with E-state index in [-0.39, 0.29) is 74.4 Å². The molecule has 0 amide bonds. The van der Waals surface area contributed by atoms with E-state index >= 15 is 0 Å². The number of hydrogen-bond donors (Lipinski definition) is 0. The fourth-order valence-corrected chi connectivity index (χ4v) is 0. The second-order valence-electron chi connectivity index (χ2n) is 0. The standard InChI is InChI=1S/Al.Au.B.Zr.3H. The maximum absolute atomic E-state index is 0. The Kier molecular flexibility index (Phi) is 162. The summed E-state index contributed by atoms with van der Waals surface area (Å²) in [6.45, 7) is 0. The van der Waals surface area contributed by atoms with Crippen LogP contribution in [0, 0.1) is 0 Å². The normalized spacial score (nSPS) is 0. The molecule has 0 N–H and O–H groups in total. The van der Waals surface area contributed by atoms with Gasteiger partial charge in [-0.15, -0.1) is 0 Å². The van der Waals surface area contributed by atoms with Gasteiger partial charge in [0.2, 0.25) is 0 Å². The van der Waals surface area contributed by atoms with E-state index in [2.05, 4.69) is 0 Å². The third-order valence-electron chi connectivity index (χ3n) is 0. The van der Waals surface area contributed by atoms with Crippen LogP contribution in [0.3, 0.4) is 0 Å². The zero-order chi connectivity index (χ0) is 0. The molecular weight excluding hydrogens is 326 g/mol. The van der Waals surface area contributed by atoms with Gasteiger partial charge < -0.3 is 0 Å². The summed E-state index contributed by atoms with van der Waals surface area (Å²) in [6.07, 6.45) is 0. The van der Waals surface area contributed by atoms with Gasteiger partial charge in [-0.05, 0) is 0 Å². The first-order chi connectivity index (χ1) is 0. The second-order valence-corrected chi connectivity index (χ2v) is 0. The molecule has 4 radical (unpaired) electrons. The molecule has 0 saturated carbocycles. The fraction of sp³-hybridized carbons (Fsp3) is 0. The van der Waals surface area contributed by atoms with Gasteiger partial charge in [-0.2, -0.15) is 0 Å². The van der Waals surface area contributed by atoms with Crippen LogP contribution in [0.25, 0.3) is 0 Å². The Balaban J connectivity index is 0. The Bertz CT molecular complexity index is 8.00. The van der Waals surface area contributed by atoms with Crippen LogP contribution in [0.15, 0.2) is 0 Å². The molecule has 0 fully saturated rings. The molecule has 0 aliphatic rings. The van der Waals surface area contributed by atoms with Crippen LogP contribution >= 0.6 is 0 Å². The van der Waals surface area contributed by atoms with Gasteiger partial charge in [0, 0.05) is 57.0 Å². The molecule has 4 heteroatoms. The maximum Gasteiger partial charge on any atom is 0.187 e. The zero-order valence-corrected chi connectivity index (χ0v) is 6.00. The maximum atomic E-state index is 0. The molecule has 0 aliphatic carbocycles. The molecule has 0 aromatic heterocycles. The number of rotatable bonds is 0. The van der Waals surface area contributed by atoms with E-state index in [1.54, 1.807) is 0 Å². The van der Waals surface area contributed by atoms with Gasteiger partial charge >= 0.3 is 0 Å². The van der Waals surface area contributed by atoms with Gasteiger partial charge in [-0.25, -0.2) is 0 Å². The molecule has 0 rings (SSSR count). The first-order valence-electron chi connectivity index (χ1n) is 0. The first kappa shape index (κ1) is 34.4. The molecule has 0 bridgehead atoms. The van der Waals surface area contributed by atoms with E-state index in [4.69, 9.17) is 0 Å². The average molecular weight is 329 g/mol. The van der Waals surface area contributed by atoms with E-state index in [1.165, 1.54) is 0 Å². The minimum atomic E-state index is 0. The van der Waals surface area contributed by atoms with Crippen molar-refractivity contribution in [1.29, 1.82) is 0 Å². The summed E-state index contributed by atoms with van der Waals surface area (Å²) in [7, 11) is 0. The van der Waals surface area contributed by atoms with E-state index in [1.807, 2.05) is 0 Å². The Hall–Kier alpha value is 2.22. The van der Waals surface area contributed by atoms with Crippen LogP contribution < -0.4 is 0 Å². The predicted octanol–water partition coefficient (Wildman–Crippen LogP) is -1.57. The summed E-state index contributed by atoms with van der Waals surface area (Å²) < 4.78 is 0. The summed E-state index contributed by atoms with van der Waals surface area (Å²) in [5.41, 5.74) is 0. The van der Waals surface area contributed by atoms with Crippen molar-refractivity contribution in [2.45, 2.75) is 0 Å². The van der Waals surface area contributed by atoms with Crippen molar-refractivity contribution in [3.63, 3.8) is 0 Å². The van der Waals surface area contributed by atoms with Crippen LogP contribution in [-0.4, -0.2) is 25.8 Å². The van der Waals surface area contributed by atoms with Crippen LogP contribution in [0.4, 0.5) is 0 Å². The van der Waals surface area contributed by atoms with E-state index in [9.17, 15) is 0 Å². The molecule has 0 unspecified atom stereocenters. The molecule has 0 aromatic rings. The van der Waals surface area contributed by atoms with E-state index in [0.29, 0.717) is 0 Å². The summed E-state index contributed by atoms with van der Waals surface area (Å²) >= 11 is 0. The zero-order valence-electron chi connectivity index (χ0n) is 1.38. The second kappa shape index (κ2) is 18.9. The average Bonchev–Trinajstić information content (AvgIpc) is 0. The smallest absolute Gasteiger partial charge is 0 e. The van der Waals surface area contributed by atoms with E-state index < -0.39 is 0 Å². The van der Waals surface area contributed by atoms with Gasteiger partial charge in [0.05, 0.1) is 0 Å². The molecule has 0 aromatic carbocycles. The van der Waals surface area contributed by atoms with Gasteiger partial charge in [-0.1, -0.05) is 0 Å². The predicted molar refractivity (Wildman–Crippen MR) is 15.7 cm³/mol. The Morgan fingerprint density at radius 1 is 1.00 bits per heavy atom. The largest absolute Gasteiger partial charge is 0.187 e. The molecule has 0 spiro atoms. The molecule has 0 nitrogen and oxygen atoms in total. The van der Waals surface area contributed by atoms with Crippen molar-refractivity contribution in [2.75, 3.05) is 0 Å². The van der Waals surface area contributed by atoms with E-state index in [0.717, 1.165) is 0 Å². The molecule has 24 valence electrons. The van der Waals surface area contributed by atoms with Crippen LogP contribution in [0.5, 0.6) is 0 Å². The van der Waals surface area contributed by atoms with Crippen molar-refractivity contribution in [3.05, 3.63) is 0 Å². The van der Waals surface area contributed by atoms with Crippen LogP contribution in [-0.2, 0) is 48.6 Å². The minimum Gasteiger partial charge on any atom is 0 e. The molecule has 0 atom stereocenters.